The summed E-state index contributed by atoms with van der Waals surface area (Å²) in [5.41, 5.74) is 11.3. The zero-order valence-corrected chi connectivity index (χ0v) is 30.5. The predicted octanol–water partition coefficient (Wildman–Crippen LogP) is 11.0. The van der Waals surface area contributed by atoms with Gasteiger partial charge in [-0.1, -0.05) is 96.1 Å². The summed E-state index contributed by atoms with van der Waals surface area (Å²) in [6.45, 7) is 3.92. The van der Waals surface area contributed by atoms with E-state index in [1.54, 1.807) is 36.4 Å². The van der Waals surface area contributed by atoms with E-state index < -0.39 is 11.9 Å². The molecule has 0 saturated carbocycles. The molecule has 0 spiro atoms. The molecule has 3 aromatic heterocycles. The number of ether oxygens (including phenoxy) is 2. The van der Waals surface area contributed by atoms with Gasteiger partial charge in [0.1, 0.15) is 11.4 Å². The first-order valence-corrected chi connectivity index (χ1v) is 18.2. The lowest BCUT2D eigenvalue weighted by Crippen LogP contribution is -2.10. The highest BCUT2D eigenvalue weighted by molar-refractivity contribution is 5.98. The van der Waals surface area contributed by atoms with Crippen LogP contribution in [0.15, 0.2) is 133 Å². The van der Waals surface area contributed by atoms with Gasteiger partial charge in [-0.15, -0.1) is 0 Å². The Labute approximate surface area is 322 Å². The Morgan fingerprint density at radius 1 is 0.429 bits per heavy atom. The molecular weight excluding hydrogens is 697 g/mol. The minimum absolute atomic E-state index is 0.208. The second kappa shape index (κ2) is 14.3. The SMILES string of the molecule is Cc1ccc(C(=O)Oc2c3nc(c(OC(=O)c4ccc(C)cc4)c4ccc([nH]4)c(-c4ccccc4)c4nc(c(-c5ccccc5)c5ccc2[nH]5)C=C4)C=C3)cc1. The number of nitrogens with zero attached hydrogens (tertiary/aromatic N) is 2. The Balaban J connectivity index is 1.36. The zero-order valence-electron chi connectivity index (χ0n) is 30.5. The molecule has 2 aliphatic rings. The molecule has 8 bridgehead atoms. The molecule has 56 heavy (non-hydrogen) atoms. The molecule has 7 aromatic rings. The Bertz CT molecular complexity index is 2690. The van der Waals surface area contributed by atoms with Crippen LogP contribution in [0, 0.1) is 13.8 Å². The van der Waals surface area contributed by atoms with Crippen molar-refractivity contribution in [1.29, 1.82) is 0 Å². The number of hydrogen-bond donors (Lipinski definition) is 2. The highest BCUT2D eigenvalue weighted by Gasteiger charge is 2.22. The number of carbonyl (C=O) groups excluding carboxylic acids is 2. The Morgan fingerprint density at radius 3 is 1.20 bits per heavy atom. The molecule has 0 aliphatic carbocycles. The zero-order chi connectivity index (χ0) is 38.2. The summed E-state index contributed by atoms with van der Waals surface area (Å²) < 4.78 is 12.4. The quantitative estimate of drug-likeness (QED) is 0.165. The molecule has 0 saturated heterocycles. The fourth-order valence-corrected chi connectivity index (χ4v) is 6.87. The van der Waals surface area contributed by atoms with Crippen molar-refractivity contribution >= 4 is 58.3 Å². The summed E-state index contributed by atoms with van der Waals surface area (Å²) in [7, 11) is 0. The summed E-state index contributed by atoms with van der Waals surface area (Å²) >= 11 is 0. The average Bonchev–Trinajstić information content (AvgIpc) is 4.07. The molecular formula is C48H34N4O4. The van der Waals surface area contributed by atoms with Gasteiger partial charge < -0.3 is 19.4 Å². The molecule has 4 aromatic carbocycles. The molecule has 8 nitrogen and oxygen atoms in total. The highest BCUT2D eigenvalue weighted by Crippen LogP contribution is 2.37. The van der Waals surface area contributed by atoms with Crippen molar-refractivity contribution in [2.45, 2.75) is 13.8 Å². The number of benzene rings is 4. The third-order valence-corrected chi connectivity index (χ3v) is 9.75. The van der Waals surface area contributed by atoms with Crippen molar-refractivity contribution in [2.75, 3.05) is 0 Å². The highest BCUT2D eigenvalue weighted by atomic mass is 16.5. The summed E-state index contributed by atoms with van der Waals surface area (Å²) in [4.78, 5) is 44.7. The minimum Gasteiger partial charge on any atom is -0.418 e. The maximum Gasteiger partial charge on any atom is 0.343 e. The molecule has 2 aliphatic heterocycles. The van der Waals surface area contributed by atoms with E-state index in [1.807, 2.05) is 135 Å². The van der Waals surface area contributed by atoms with E-state index in [0.717, 1.165) is 55.8 Å². The maximum absolute atomic E-state index is 13.7. The van der Waals surface area contributed by atoms with E-state index in [0.29, 0.717) is 33.5 Å². The molecule has 2 N–H and O–H groups in total. The Kier molecular flexibility index (Phi) is 8.76. The summed E-state index contributed by atoms with van der Waals surface area (Å²) in [5.74, 6) is -0.671. The Morgan fingerprint density at radius 2 is 0.786 bits per heavy atom. The van der Waals surface area contributed by atoms with Gasteiger partial charge in [-0.2, -0.15) is 0 Å². The number of nitrogens with one attached hydrogen (secondary N) is 2. The van der Waals surface area contributed by atoms with Gasteiger partial charge in [0.2, 0.25) is 0 Å². The fraction of sp³-hybridized carbons (Fsp3) is 0.0417. The molecule has 8 heteroatoms. The summed E-state index contributed by atoms with van der Waals surface area (Å²) in [6, 6.07) is 42.1. The van der Waals surface area contributed by atoms with Crippen molar-refractivity contribution in [3.63, 3.8) is 0 Å². The second-order valence-electron chi connectivity index (χ2n) is 13.7. The first kappa shape index (κ1) is 34.2. The smallest absolute Gasteiger partial charge is 0.343 e. The van der Waals surface area contributed by atoms with Gasteiger partial charge >= 0.3 is 11.9 Å². The number of esters is 2. The lowest BCUT2D eigenvalue weighted by molar-refractivity contribution is 0.0727. The summed E-state index contributed by atoms with van der Waals surface area (Å²) in [5, 5.41) is 0. The van der Waals surface area contributed by atoms with Crippen molar-refractivity contribution < 1.29 is 19.1 Å². The standard InChI is InChI=1S/C48H34N4O4/c1-29-13-17-33(18-14-29)47(53)55-45-39-25-23-37(50-39)43(31-9-5-3-6-10-31)35-21-22-36(49-35)44(32-11-7-4-8-12-32)38-24-26-40(51-38)46(42-28-27-41(45)52-42)56-48(54)34-19-15-30(2)16-20-34/h3-28,50-51H,1-2H3. The van der Waals surface area contributed by atoms with Crippen LogP contribution in [0.3, 0.4) is 0 Å². The van der Waals surface area contributed by atoms with E-state index in [1.165, 1.54) is 0 Å². The van der Waals surface area contributed by atoms with Gasteiger partial charge in [0.25, 0.3) is 0 Å². The predicted molar refractivity (Wildman–Crippen MR) is 222 cm³/mol. The third-order valence-electron chi connectivity index (χ3n) is 9.75. The van der Waals surface area contributed by atoms with Crippen molar-refractivity contribution in [2.24, 2.45) is 0 Å². The van der Waals surface area contributed by atoms with Gasteiger partial charge in [0.05, 0.1) is 33.5 Å². The largest absolute Gasteiger partial charge is 0.418 e. The lowest BCUT2D eigenvalue weighted by atomic mass is 10.0. The van der Waals surface area contributed by atoms with Gasteiger partial charge in [0.15, 0.2) is 11.5 Å². The fourth-order valence-electron chi connectivity index (χ4n) is 6.87. The molecule has 0 fully saturated rings. The average molecular weight is 731 g/mol. The molecule has 5 heterocycles. The van der Waals surface area contributed by atoms with Crippen molar-refractivity contribution in [1.82, 2.24) is 19.9 Å². The van der Waals surface area contributed by atoms with Crippen LogP contribution in [0.4, 0.5) is 0 Å². The number of fused-ring (bicyclic) bond motifs is 8. The number of H-pyrrole nitrogens is 2. The minimum atomic E-state index is -0.544. The number of rotatable bonds is 6. The van der Waals surface area contributed by atoms with Crippen LogP contribution in [0.25, 0.3) is 68.6 Å². The molecule has 0 unspecified atom stereocenters. The normalized spacial score (nSPS) is 11.8. The van der Waals surface area contributed by atoms with Crippen LogP contribution in [0.1, 0.15) is 54.6 Å². The van der Waals surface area contributed by atoms with Crippen LogP contribution in [-0.2, 0) is 0 Å². The van der Waals surface area contributed by atoms with Crippen LogP contribution in [-0.4, -0.2) is 31.9 Å². The van der Waals surface area contributed by atoms with Gasteiger partial charge in [-0.25, -0.2) is 19.6 Å². The topological polar surface area (TPSA) is 110 Å². The number of aromatic amines is 2. The monoisotopic (exact) mass is 730 g/mol. The van der Waals surface area contributed by atoms with E-state index in [2.05, 4.69) is 9.97 Å². The molecule has 0 atom stereocenters. The van der Waals surface area contributed by atoms with Crippen LogP contribution in [0.2, 0.25) is 0 Å². The van der Waals surface area contributed by atoms with Crippen molar-refractivity contribution in [3.8, 4) is 33.8 Å². The third kappa shape index (κ3) is 6.60. The number of aryl methyl sites for hydroxylation is 2. The number of carbonyl (C=O) groups is 2. The van der Waals surface area contributed by atoms with Gasteiger partial charge in [-0.3, -0.25) is 0 Å². The lowest BCUT2D eigenvalue weighted by Gasteiger charge is -2.08. The van der Waals surface area contributed by atoms with E-state index >= 15 is 0 Å². The summed E-state index contributed by atoms with van der Waals surface area (Å²) in [6.07, 6.45) is 7.53. The van der Waals surface area contributed by atoms with Gasteiger partial charge in [0, 0.05) is 22.2 Å². The maximum atomic E-state index is 13.7. The second-order valence-corrected chi connectivity index (χ2v) is 13.7. The molecule has 0 amide bonds. The Hall–Kier alpha value is -7.58. The van der Waals surface area contributed by atoms with Crippen molar-refractivity contribution in [3.05, 3.63) is 178 Å². The number of hydrogen-bond acceptors (Lipinski definition) is 6. The first-order valence-electron chi connectivity index (χ1n) is 18.2. The van der Waals surface area contributed by atoms with Gasteiger partial charge in [-0.05, 0) is 97.8 Å². The first-order chi connectivity index (χ1) is 27.4. The molecule has 270 valence electrons. The van der Waals surface area contributed by atoms with Crippen LogP contribution in [0.5, 0.6) is 11.5 Å². The van der Waals surface area contributed by atoms with E-state index in [9.17, 15) is 9.59 Å². The molecule has 9 rings (SSSR count). The number of aromatic nitrogens is 4. The molecule has 0 radical (unpaired) electrons. The van der Waals surface area contributed by atoms with Crippen LogP contribution < -0.4 is 9.47 Å². The van der Waals surface area contributed by atoms with E-state index in [-0.39, 0.29) is 11.5 Å². The van der Waals surface area contributed by atoms with E-state index in [4.69, 9.17) is 19.4 Å². The van der Waals surface area contributed by atoms with Crippen LogP contribution >= 0.6 is 0 Å².